The maximum atomic E-state index is 15.7. The Hall–Kier alpha value is -5.78. The standard InChI is InChI=1S/C34H30ClF4N9O5/c1-3-23-28(45-9-11-46(12-10-45)31(51)27-29(50)17(2)40-16-41-27)32(52)48-33(43-30(44-48)20-5-7-24-19(26(20)36)8-13-53-24)47(23)15-25(49)42-22-6-4-18(14-21(22)35)34(37,38)39/h4-7,14,16,50H,3,8-13,15H2,1-2H3,(H,42,49). The van der Waals surface area contributed by atoms with Gasteiger partial charge in [-0.1, -0.05) is 18.5 Å². The molecular formula is C34H30ClF4N9O5. The van der Waals surface area contributed by atoms with Crippen LogP contribution in [-0.2, 0) is 30.4 Å². The zero-order chi connectivity index (χ0) is 37.8. The van der Waals surface area contributed by atoms with E-state index in [0.717, 1.165) is 16.6 Å². The highest BCUT2D eigenvalue weighted by Crippen LogP contribution is 2.35. The molecule has 1 saturated heterocycles. The van der Waals surface area contributed by atoms with Crippen LogP contribution in [0, 0.1) is 12.7 Å². The van der Waals surface area contributed by atoms with Crippen LogP contribution in [0.5, 0.6) is 11.5 Å². The molecule has 276 valence electrons. The summed E-state index contributed by atoms with van der Waals surface area (Å²) in [6, 6.07) is 5.55. The Balaban J connectivity index is 1.27. The summed E-state index contributed by atoms with van der Waals surface area (Å²) in [6.45, 7) is 3.73. The molecule has 5 heterocycles. The number of aryl methyl sites for hydroxylation is 1. The summed E-state index contributed by atoms with van der Waals surface area (Å²) in [6.07, 6.45) is -2.93. The number of carbonyl (C=O) groups is 2. The minimum absolute atomic E-state index is 0.0137. The van der Waals surface area contributed by atoms with Gasteiger partial charge in [-0.05, 0) is 43.7 Å². The van der Waals surface area contributed by atoms with Crippen LogP contribution in [0.1, 0.15) is 39.9 Å². The van der Waals surface area contributed by atoms with Gasteiger partial charge >= 0.3 is 6.18 Å². The molecule has 2 N–H and O–H groups in total. The van der Waals surface area contributed by atoms with Crippen molar-refractivity contribution in [3.05, 3.63) is 86.1 Å². The molecule has 0 atom stereocenters. The van der Waals surface area contributed by atoms with E-state index in [2.05, 4.69) is 25.4 Å². The second-order valence-corrected chi connectivity index (χ2v) is 12.8. The van der Waals surface area contributed by atoms with Crippen LogP contribution in [0.2, 0.25) is 5.02 Å². The van der Waals surface area contributed by atoms with E-state index in [-0.39, 0.29) is 83.3 Å². The minimum atomic E-state index is -4.65. The van der Waals surface area contributed by atoms with E-state index in [4.69, 9.17) is 16.3 Å². The van der Waals surface area contributed by atoms with Crippen molar-refractivity contribution in [2.24, 2.45) is 0 Å². The van der Waals surface area contributed by atoms with Gasteiger partial charge in [0.2, 0.25) is 11.7 Å². The number of piperazine rings is 1. The molecule has 5 aromatic rings. The smallest absolute Gasteiger partial charge is 0.416 e. The highest BCUT2D eigenvalue weighted by atomic mass is 35.5. The van der Waals surface area contributed by atoms with Crippen LogP contribution >= 0.6 is 11.6 Å². The number of hydrogen-bond acceptors (Lipinski definition) is 10. The third kappa shape index (κ3) is 6.47. The molecule has 0 radical (unpaired) electrons. The van der Waals surface area contributed by atoms with Crippen molar-refractivity contribution in [3.63, 3.8) is 0 Å². The molecule has 19 heteroatoms. The molecule has 3 aromatic heterocycles. The topological polar surface area (TPSA) is 160 Å². The lowest BCUT2D eigenvalue weighted by molar-refractivity contribution is -0.137. The highest BCUT2D eigenvalue weighted by molar-refractivity contribution is 6.33. The summed E-state index contributed by atoms with van der Waals surface area (Å²) in [5.74, 6) is -1.97. The number of carbonyl (C=O) groups excluding carboxylic acids is 2. The maximum absolute atomic E-state index is 15.7. The van der Waals surface area contributed by atoms with E-state index in [1.165, 1.54) is 21.9 Å². The van der Waals surface area contributed by atoms with Gasteiger partial charge in [-0.2, -0.15) is 22.7 Å². The summed E-state index contributed by atoms with van der Waals surface area (Å²) in [4.78, 5) is 56.7. The molecule has 7 rings (SSSR count). The van der Waals surface area contributed by atoms with Crippen molar-refractivity contribution in [2.75, 3.05) is 43.0 Å². The van der Waals surface area contributed by atoms with Gasteiger partial charge in [0.25, 0.3) is 11.5 Å². The van der Waals surface area contributed by atoms with E-state index >= 15 is 4.39 Å². The van der Waals surface area contributed by atoms with Crippen molar-refractivity contribution in [3.8, 4) is 22.9 Å². The van der Waals surface area contributed by atoms with Crippen LogP contribution < -0.4 is 20.5 Å². The van der Waals surface area contributed by atoms with E-state index in [9.17, 15) is 32.7 Å². The number of nitrogens with one attached hydrogen (secondary N) is 1. The number of ether oxygens (including phenoxy) is 1. The average Bonchev–Trinajstić information content (AvgIpc) is 3.80. The second-order valence-electron chi connectivity index (χ2n) is 12.4. The maximum Gasteiger partial charge on any atom is 0.416 e. The Labute approximate surface area is 302 Å². The van der Waals surface area contributed by atoms with Gasteiger partial charge in [-0.3, -0.25) is 14.4 Å². The van der Waals surface area contributed by atoms with E-state index in [0.29, 0.717) is 36.1 Å². The number of nitrogens with zero attached hydrogens (tertiary/aromatic N) is 8. The molecule has 0 bridgehead atoms. The van der Waals surface area contributed by atoms with Gasteiger partial charge < -0.3 is 29.5 Å². The molecular weight excluding hydrogens is 726 g/mol. The number of amides is 2. The van der Waals surface area contributed by atoms with Crippen molar-refractivity contribution in [1.82, 2.24) is 34.0 Å². The number of benzene rings is 2. The fraction of sp³-hybridized carbons (Fsp3) is 0.324. The molecule has 0 saturated carbocycles. The highest BCUT2D eigenvalue weighted by Gasteiger charge is 2.33. The van der Waals surface area contributed by atoms with E-state index in [1.54, 1.807) is 24.8 Å². The zero-order valence-corrected chi connectivity index (χ0v) is 28.9. The fourth-order valence-electron chi connectivity index (χ4n) is 6.48. The second kappa shape index (κ2) is 13.6. The third-order valence-electron chi connectivity index (χ3n) is 9.17. The quantitative estimate of drug-likeness (QED) is 0.230. The number of alkyl halides is 3. The molecule has 0 unspecified atom stereocenters. The Morgan fingerprint density at radius 2 is 1.85 bits per heavy atom. The summed E-state index contributed by atoms with van der Waals surface area (Å²) in [5.41, 5.74) is -0.696. The number of hydrogen-bond donors (Lipinski definition) is 2. The molecule has 2 aliphatic heterocycles. The Kier molecular flexibility index (Phi) is 9.17. The minimum Gasteiger partial charge on any atom is -0.504 e. The van der Waals surface area contributed by atoms with Gasteiger partial charge in [0.05, 0.1) is 39.8 Å². The number of aromatic hydroxyl groups is 1. The molecule has 2 amide bonds. The SMILES string of the molecule is CCc1c(N2CCN(C(=O)c3ncnc(C)c3O)CC2)c(=O)n2nc(-c3ccc4c(c3F)CCO4)nc2n1CC(=O)Nc1ccc(C(F)(F)F)cc1Cl. The monoisotopic (exact) mass is 755 g/mol. The number of fused-ring (bicyclic) bond motifs is 2. The summed E-state index contributed by atoms with van der Waals surface area (Å²) < 4.78 is 63.3. The van der Waals surface area contributed by atoms with Gasteiger partial charge in [0, 0.05) is 38.2 Å². The normalized spacial score (nSPS) is 14.4. The predicted molar refractivity (Wildman–Crippen MR) is 183 cm³/mol. The molecule has 0 spiro atoms. The van der Waals surface area contributed by atoms with Crippen LogP contribution in [0.4, 0.5) is 28.9 Å². The molecule has 0 aliphatic carbocycles. The van der Waals surface area contributed by atoms with Crippen LogP contribution in [-0.4, -0.2) is 83.7 Å². The van der Waals surface area contributed by atoms with Crippen molar-refractivity contribution in [1.29, 1.82) is 0 Å². The van der Waals surface area contributed by atoms with Crippen molar-refractivity contribution < 1.29 is 37.0 Å². The Bertz CT molecular complexity index is 2360. The van der Waals surface area contributed by atoms with Crippen LogP contribution in [0.15, 0.2) is 41.5 Å². The first-order valence-electron chi connectivity index (χ1n) is 16.4. The average molecular weight is 756 g/mol. The number of aromatic nitrogens is 6. The van der Waals surface area contributed by atoms with E-state index in [1.807, 2.05) is 0 Å². The lowest BCUT2D eigenvalue weighted by atomic mass is 10.1. The fourth-order valence-corrected chi connectivity index (χ4v) is 6.71. The lowest BCUT2D eigenvalue weighted by Gasteiger charge is -2.36. The van der Waals surface area contributed by atoms with Crippen molar-refractivity contribution in [2.45, 2.75) is 39.4 Å². The zero-order valence-electron chi connectivity index (χ0n) is 28.2. The van der Waals surface area contributed by atoms with Gasteiger partial charge in [-0.25, -0.2) is 14.4 Å². The van der Waals surface area contributed by atoms with Gasteiger partial charge in [-0.15, -0.1) is 5.10 Å². The first-order valence-corrected chi connectivity index (χ1v) is 16.8. The van der Waals surface area contributed by atoms with E-state index < -0.39 is 41.5 Å². The Morgan fingerprint density at radius 3 is 2.55 bits per heavy atom. The van der Waals surface area contributed by atoms with Crippen LogP contribution in [0.25, 0.3) is 17.2 Å². The number of rotatable bonds is 7. The summed E-state index contributed by atoms with van der Waals surface area (Å²) in [7, 11) is 0. The third-order valence-corrected chi connectivity index (χ3v) is 9.49. The van der Waals surface area contributed by atoms with Crippen LogP contribution in [0.3, 0.4) is 0 Å². The Morgan fingerprint density at radius 1 is 1.09 bits per heavy atom. The summed E-state index contributed by atoms with van der Waals surface area (Å²) >= 11 is 6.11. The summed E-state index contributed by atoms with van der Waals surface area (Å²) in [5, 5.41) is 17.0. The first kappa shape index (κ1) is 35.6. The largest absolute Gasteiger partial charge is 0.504 e. The molecule has 1 fully saturated rings. The van der Waals surface area contributed by atoms with Gasteiger partial charge in [0.15, 0.2) is 17.3 Å². The number of anilines is 2. The molecule has 2 aromatic carbocycles. The molecule has 14 nitrogen and oxygen atoms in total. The molecule has 2 aliphatic rings. The first-order chi connectivity index (χ1) is 25.3. The van der Waals surface area contributed by atoms with Gasteiger partial charge in [0.1, 0.15) is 30.1 Å². The molecule has 53 heavy (non-hydrogen) atoms. The lowest BCUT2D eigenvalue weighted by Crippen LogP contribution is -2.51. The number of halogens is 5. The van der Waals surface area contributed by atoms with Crippen molar-refractivity contribution >= 4 is 40.6 Å². The predicted octanol–water partition coefficient (Wildman–Crippen LogP) is 4.27.